The maximum absolute atomic E-state index is 12.1. The van der Waals surface area contributed by atoms with Gasteiger partial charge in [-0.15, -0.1) is 0 Å². The molecule has 0 atom stereocenters. The maximum Gasteiger partial charge on any atom is 0.228 e. The Kier molecular flexibility index (Phi) is 5.57. The second-order valence-electron chi connectivity index (χ2n) is 5.03. The molecule has 0 aromatic carbocycles. The van der Waals surface area contributed by atoms with Crippen LogP contribution in [0.2, 0.25) is 0 Å². The molecule has 0 spiro atoms. The topological polar surface area (TPSA) is 62.2 Å². The molecule has 1 heterocycles. The van der Waals surface area contributed by atoms with Crippen LogP contribution in [-0.4, -0.2) is 22.6 Å². The summed E-state index contributed by atoms with van der Waals surface area (Å²) in [5.74, 6) is 6.53. The third kappa shape index (κ3) is 4.36. The zero-order chi connectivity index (χ0) is 14.2. The van der Waals surface area contributed by atoms with Crippen LogP contribution in [0.1, 0.15) is 44.1 Å². The highest BCUT2D eigenvalue weighted by molar-refractivity contribution is 5.91. The molecule has 20 heavy (non-hydrogen) atoms. The normalized spacial score (nSPS) is 15.2. The lowest BCUT2D eigenvalue weighted by Crippen LogP contribution is -2.25. The van der Waals surface area contributed by atoms with Crippen LogP contribution < -0.4 is 5.32 Å². The molecule has 1 fully saturated rings. The van der Waals surface area contributed by atoms with Gasteiger partial charge in [-0.25, -0.2) is 4.98 Å². The fourth-order valence-corrected chi connectivity index (χ4v) is 2.39. The number of amides is 1. The van der Waals surface area contributed by atoms with Crippen LogP contribution in [0.3, 0.4) is 0 Å². The largest absolute Gasteiger partial charge is 0.395 e. The Morgan fingerprint density at radius 2 is 2.20 bits per heavy atom. The fourth-order valence-electron chi connectivity index (χ4n) is 2.39. The number of carbonyl (C=O) groups excluding carboxylic acids is 1. The minimum atomic E-state index is 0.0589. The Hall–Kier alpha value is -1.86. The van der Waals surface area contributed by atoms with Gasteiger partial charge >= 0.3 is 0 Å². The number of pyridine rings is 1. The minimum absolute atomic E-state index is 0.0589. The number of hydrogen-bond donors (Lipinski definition) is 2. The first kappa shape index (κ1) is 14.5. The molecule has 1 aromatic rings. The number of carbonyl (C=O) groups is 1. The zero-order valence-electron chi connectivity index (χ0n) is 11.6. The van der Waals surface area contributed by atoms with Crippen LogP contribution in [-0.2, 0) is 4.79 Å². The molecule has 2 N–H and O–H groups in total. The van der Waals surface area contributed by atoms with Gasteiger partial charge in [-0.1, -0.05) is 31.1 Å². The molecule has 1 amide bonds. The molecular weight excluding hydrogens is 252 g/mol. The summed E-state index contributed by atoms with van der Waals surface area (Å²) in [5, 5.41) is 11.6. The summed E-state index contributed by atoms with van der Waals surface area (Å²) < 4.78 is 0. The van der Waals surface area contributed by atoms with Crippen molar-refractivity contribution < 1.29 is 9.90 Å². The van der Waals surface area contributed by atoms with Crippen LogP contribution in [0.5, 0.6) is 0 Å². The van der Waals surface area contributed by atoms with E-state index < -0.39 is 0 Å². The number of aromatic nitrogens is 1. The van der Waals surface area contributed by atoms with Gasteiger partial charge in [0.15, 0.2) is 0 Å². The van der Waals surface area contributed by atoms with Gasteiger partial charge in [0.2, 0.25) is 5.91 Å². The number of aliphatic hydroxyl groups excluding tert-OH is 1. The highest BCUT2D eigenvalue weighted by Crippen LogP contribution is 2.24. The Morgan fingerprint density at radius 1 is 1.40 bits per heavy atom. The Bertz CT molecular complexity index is 511. The van der Waals surface area contributed by atoms with Gasteiger partial charge in [0.05, 0.1) is 6.61 Å². The van der Waals surface area contributed by atoms with Crippen molar-refractivity contribution >= 4 is 11.7 Å². The lowest BCUT2D eigenvalue weighted by molar-refractivity contribution is -0.120. The van der Waals surface area contributed by atoms with Gasteiger partial charge in [0, 0.05) is 24.1 Å². The van der Waals surface area contributed by atoms with Crippen LogP contribution in [0.25, 0.3) is 0 Å². The van der Waals surface area contributed by atoms with Gasteiger partial charge in [0.1, 0.15) is 5.82 Å². The lowest BCUT2D eigenvalue weighted by Gasteiger charge is -2.20. The van der Waals surface area contributed by atoms with Crippen molar-refractivity contribution in [3.05, 3.63) is 23.9 Å². The van der Waals surface area contributed by atoms with Crippen LogP contribution in [0.15, 0.2) is 18.3 Å². The van der Waals surface area contributed by atoms with E-state index in [0.717, 1.165) is 31.2 Å². The first-order chi connectivity index (χ1) is 9.79. The standard InChI is InChI=1S/C16H20N2O2/c19-11-5-4-6-13-9-10-17-15(12-13)18-16(20)14-7-2-1-3-8-14/h9-10,12,14,19H,1-3,5,7-8,11H2,(H,17,18,20). The van der Waals surface area contributed by atoms with Crippen molar-refractivity contribution in [3.63, 3.8) is 0 Å². The van der Waals surface area contributed by atoms with Crippen molar-refractivity contribution in [2.75, 3.05) is 11.9 Å². The van der Waals surface area contributed by atoms with Crippen molar-refractivity contribution in [1.82, 2.24) is 4.98 Å². The molecule has 4 heteroatoms. The van der Waals surface area contributed by atoms with E-state index in [0.29, 0.717) is 12.2 Å². The molecule has 2 rings (SSSR count). The molecule has 0 radical (unpaired) electrons. The average Bonchev–Trinajstić information content (AvgIpc) is 2.49. The van der Waals surface area contributed by atoms with Crippen LogP contribution >= 0.6 is 0 Å². The molecule has 1 aliphatic rings. The number of aliphatic hydroxyl groups is 1. The van der Waals surface area contributed by atoms with E-state index in [2.05, 4.69) is 22.1 Å². The number of hydrogen-bond acceptors (Lipinski definition) is 3. The smallest absolute Gasteiger partial charge is 0.228 e. The SMILES string of the molecule is O=C(Nc1cc(C#CCCO)ccn1)C1CCCCC1. The van der Waals surface area contributed by atoms with E-state index in [4.69, 9.17) is 5.11 Å². The Labute approximate surface area is 119 Å². The minimum Gasteiger partial charge on any atom is -0.395 e. The van der Waals surface area contributed by atoms with Crippen molar-refractivity contribution in [2.45, 2.75) is 38.5 Å². The highest BCUT2D eigenvalue weighted by atomic mass is 16.2. The first-order valence-corrected chi connectivity index (χ1v) is 7.16. The Balaban J connectivity index is 1.97. The lowest BCUT2D eigenvalue weighted by atomic mass is 9.89. The molecule has 106 valence electrons. The predicted octanol–water partition coefficient (Wildman–Crippen LogP) is 2.33. The molecule has 0 unspecified atom stereocenters. The molecule has 1 saturated carbocycles. The number of nitrogens with one attached hydrogen (secondary N) is 1. The molecule has 0 bridgehead atoms. The maximum atomic E-state index is 12.1. The van der Waals surface area contributed by atoms with E-state index in [-0.39, 0.29) is 18.4 Å². The molecule has 1 aliphatic carbocycles. The van der Waals surface area contributed by atoms with E-state index in [1.54, 1.807) is 18.3 Å². The summed E-state index contributed by atoms with van der Waals surface area (Å²) in [5.41, 5.74) is 0.799. The second-order valence-corrected chi connectivity index (χ2v) is 5.03. The summed E-state index contributed by atoms with van der Waals surface area (Å²) in [7, 11) is 0. The zero-order valence-corrected chi connectivity index (χ0v) is 11.6. The third-order valence-corrected chi connectivity index (χ3v) is 3.46. The van der Waals surface area contributed by atoms with E-state index >= 15 is 0 Å². The van der Waals surface area contributed by atoms with E-state index in [1.807, 2.05) is 0 Å². The summed E-state index contributed by atoms with van der Waals surface area (Å²) in [6.07, 6.45) is 7.55. The first-order valence-electron chi connectivity index (χ1n) is 7.16. The molecule has 1 aromatic heterocycles. The van der Waals surface area contributed by atoms with Crippen molar-refractivity contribution in [1.29, 1.82) is 0 Å². The predicted molar refractivity (Wildman–Crippen MR) is 78.0 cm³/mol. The van der Waals surface area contributed by atoms with Gasteiger partial charge in [-0.05, 0) is 25.0 Å². The van der Waals surface area contributed by atoms with E-state index in [9.17, 15) is 4.79 Å². The van der Waals surface area contributed by atoms with Crippen LogP contribution in [0, 0.1) is 17.8 Å². The van der Waals surface area contributed by atoms with Crippen molar-refractivity contribution in [3.8, 4) is 11.8 Å². The summed E-state index contributed by atoms with van der Waals surface area (Å²) in [4.78, 5) is 16.3. The van der Waals surface area contributed by atoms with Gasteiger partial charge in [-0.3, -0.25) is 4.79 Å². The van der Waals surface area contributed by atoms with E-state index in [1.165, 1.54) is 6.42 Å². The molecule has 0 aliphatic heterocycles. The fraction of sp³-hybridized carbons (Fsp3) is 0.500. The Morgan fingerprint density at radius 3 is 2.95 bits per heavy atom. The van der Waals surface area contributed by atoms with Gasteiger partial charge in [0.25, 0.3) is 0 Å². The molecule has 0 saturated heterocycles. The quantitative estimate of drug-likeness (QED) is 0.830. The average molecular weight is 272 g/mol. The summed E-state index contributed by atoms with van der Waals surface area (Å²) in [6.45, 7) is 0.0589. The summed E-state index contributed by atoms with van der Waals surface area (Å²) >= 11 is 0. The van der Waals surface area contributed by atoms with Crippen molar-refractivity contribution in [2.24, 2.45) is 5.92 Å². The van der Waals surface area contributed by atoms with Crippen LogP contribution in [0.4, 0.5) is 5.82 Å². The molecular formula is C16H20N2O2. The second kappa shape index (κ2) is 7.66. The summed E-state index contributed by atoms with van der Waals surface area (Å²) in [6, 6.07) is 3.56. The van der Waals surface area contributed by atoms with Gasteiger partial charge < -0.3 is 10.4 Å². The number of anilines is 1. The third-order valence-electron chi connectivity index (χ3n) is 3.46. The number of nitrogens with zero attached hydrogens (tertiary/aromatic N) is 1. The molecule has 4 nitrogen and oxygen atoms in total. The monoisotopic (exact) mass is 272 g/mol. The number of rotatable bonds is 3. The highest BCUT2D eigenvalue weighted by Gasteiger charge is 2.21. The van der Waals surface area contributed by atoms with Gasteiger partial charge in [-0.2, -0.15) is 0 Å².